The fourth-order valence-electron chi connectivity index (χ4n) is 4.53. The number of carbonyl (C=O) groups is 1. The van der Waals surface area contributed by atoms with Crippen LogP contribution in [0, 0.1) is 6.92 Å². The normalized spacial score (nSPS) is 24.1. The number of aryl methyl sites for hydroxylation is 1. The first kappa shape index (κ1) is 16.6. The predicted molar refractivity (Wildman–Crippen MR) is 104 cm³/mol. The van der Waals surface area contributed by atoms with Crippen LogP contribution < -0.4 is 5.32 Å². The van der Waals surface area contributed by atoms with Gasteiger partial charge >= 0.3 is 0 Å². The van der Waals surface area contributed by atoms with E-state index < -0.39 is 11.5 Å². The van der Waals surface area contributed by atoms with Crippen molar-refractivity contribution >= 4 is 24.7 Å². The fourth-order valence-corrected chi connectivity index (χ4v) is 4.53. The van der Waals surface area contributed by atoms with E-state index in [9.17, 15) is 4.79 Å². The maximum atomic E-state index is 13.1. The Hall–Kier alpha value is -2.53. The van der Waals surface area contributed by atoms with Crippen molar-refractivity contribution < 1.29 is 13.9 Å². The summed E-state index contributed by atoms with van der Waals surface area (Å²) in [5.74, 6) is -0.657. The summed E-state index contributed by atoms with van der Waals surface area (Å²) in [6.07, 6.45) is 3.81. The molecule has 3 atom stereocenters. The molecular formula is C22H20BNO3. The maximum Gasteiger partial charge on any atom is 0.256 e. The molecule has 3 aromatic rings. The third-order valence-electron chi connectivity index (χ3n) is 5.84. The second-order valence-corrected chi connectivity index (χ2v) is 7.56. The minimum atomic E-state index is -0.895. The monoisotopic (exact) mass is 357 g/mol. The van der Waals surface area contributed by atoms with Crippen LogP contribution in [-0.2, 0) is 21.6 Å². The van der Waals surface area contributed by atoms with E-state index in [1.807, 2.05) is 49.4 Å². The van der Waals surface area contributed by atoms with E-state index in [1.165, 1.54) is 0 Å². The summed E-state index contributed by atoms with van der Waals surface area (Å²) in [6.45, 7) is 2.02. The Labute approximate surface area is 159 Å². The summed E-state index contributed by atoms with van der Waals surface area (Å²) >= 11 is 0. The van der Waals surface area contributed by atoms with Gasteiger partial charge in [-0.05, 0) is 54.4 Å². The average Bonchev–Trinajstić information content (AvgIpc) is 3.36. The molecule has 1 saturated heterocycles. The smallest absolute Gasteiger partial charge is 0.256 e. The molecule has 1 aromatic heterocycles. The molecule has 1 N–H and O–H groups in total. The zero-order valence-corrected chi connectivity index (χ0v) is 15.2. The van der Waals surface area contributed by atoms with Crippen molar-refractivity contribution in [1.82, 2.24) is 5.32 Å². The van der Waals surface area contributed by atoms with Crippen molar-refractivity contribution in [2.24, 2.45) is 0 Å². The lowest BCUT2D eigenvalue weighted by Gasteiger charge is -2.27. The van der Waals surface area contributed by atoms with Gasteiger partial charge < -0.3 is 14.5 Å². The minimum absolute atomic E-state index is 0.0176. The molecule has 2 aromatic carbocycles. The number of hydrogen-bond acceptors (Lipinski definition) is 3. The second-order valence-electron chi connectivity index (χ2n) is 7.56. The fraction of sp³-hybridized carbons (Fsp3) is 0.318. The molecule has 0 saturated carbocycles. The van der Waals surface area contributed by atoms with E-state index in [0.29, 0.717) is 12.8 Å². The number of nitrogens with one attached hydrogen (secondary N) is 1. The maximum absolute atomic E-state index is 13.1. The Morgan fingerprint density at radius 2 is 2.15 bits per heavy atom. The molecule has 2 aliphatic rings. The second kappa shape index (κ2) is 5.99. The standard InChI is InChI=1S/C22H20BNO3/c1-13-5-4-7-15-14(12-26-20(13)15)11-19(23)24-21(25)22-10-9-18(27-22)16-6-2-3-8-17(16)22/h2-8,12,18-19H,9-11H2,1H3,(H,24,25)/t18-,19+,22+/m1/s1. The van der Waals surface area contributed by atoms with Crippen LogP contribution in [-0.4, -0.2) is 19.7 Å². The first-order chi connectivity index (χ1) is 13.1. The highest BCUT2D eigenvalue weighted by Gasteiger charge is 2.55. The first-order valence-corrected chi connectivity index (χ1v) is 9.38. The van der Waals surface area contributed by atoms with E-state index in [2.05, 4.69) is 5.32 Å². The van der Waals surface area contributed by atoms with E-state index >= 15 is 0 Å². The van der Waals surface area contributed by atoms with E-state index in [0.717, 1.165) is 39.6 Å². The Balaban J connectivity index is 1.36. The highest BCUT2D eigenvalue weighted by Crippen LogP contribution is 2.54. The molecule has 0 aliphatic carbocycles. The molecule has 1 amide bonds. The molecule has 5 heteroatoms. The molecule has 2 bridgehead atoms. The van der Waals surface area contributed by atoms with E-state index in [-0.39, 0.29) is 12.0 Å². The summed E-state index contributed by atoms with van der Waals surface area (Å²) in [7, 11) is 6.28. The molecule has 4 nitrogen and oxygen atoms in total. The van der Waals surface area contributed by atoms with Gasteiger partial charge in [-0.1, -0.05) is 42.5 Å². The van der Waals surface area contributed by atoms with Crippen LogP contribution in [0.1, 0.15) is 41.2 Å². The number of benzene rings is 2. The van der Waals surface area contributed by atoms with Gasteiger partial charge in [-0.25, -0.2) is 0 Å². The molecule has 0 spiro atoms. The Bertz CT molecular complexity index is 1040. The Kier molecular flexibility index (Phi) is 3.69. The number of amides is 1. The van der Waals surface area contributed by atoms with Gasteiger partial charge in [0.1, 0.15) is 5.58 Å². The van der Waals surface area contributed by atoms with Gasteiger partial charge in [-0.15, -0.1) is 0 Å². The largest absolute Gasteiger partial charge is 0.464 e. The Morgan fingerprint density at radius 1 is 1.30 bits per heavy atom. The highest BCUT2D eigenvalue weighted by molar-refractivity contribution is 6.13. The predicted octanol–water partition coefficient (Wildman–Crippen LogP) is 3.66. The van der Waals surface area contributed by atoms with Crippen LogP contribution in [0.2, 0.25) is 0 Å². The van der Waals surface area contributed by atoms with Crippen molar-refractivity contribution in [1.29, 1.82) is 0 Å². The summed E-state index contributed by atoms with van der Waals surface area (Å²) in [4.78, 5) is 13.1. The van der Waals surface area contributed by atoms with Crippen LogP contribution in [0.15, 0.2) is 53.1 Å². The van der Waals surface area contributed by atoms with Gasteiger partial charge in [0.25, 0.3) is 5.91 Å². The van der Waals surface area contributed by atoms with Crippen molar-refractivity contribution in [2.75, 3.05) is 0 Å². The number of furan rings is 1. The van der Waals surface area contributed by atoms with E-state index in [4.69, 9.17) is 17.0 Å². The molecule has 0 unspecified atom stereocenters. The molecule has 27 heavy (non-hydrogen) atoms. The average molecular weight is 357 g/mol. The van der Waals surface area contributed by atoms with Crippen LogP contribution in [0.25, 0.3) is 11.0 Å². The first-order valence-electron chi connectivity index (χ1n) is 9.38. The van der Waals surface area contributed by atoms with Crippen LogP contribution in [0.4, 0.5) is 0 Å². The zero-order chi connectivity index (χ0) is 18.6. The zero-order valence-electron chi connectivity index (χ0n) is 15.2. The number of para-hydroxylation sites is 1. The van der Waals surface area contributed by atoms with Crippen molar-refractivity contribution in [3.8, 4) is 0 Å². The van der Waals surface area contributed by atoms with Gasteiger partial charge in [0, 0.05) is 5.39 Å². The van der Waals surface area contributed by atoms with Gasteiger partial charge in [0.2, 0.25) is 0 Å². The Morgan fingerprint density at radius 3 is 3.04 bits per heavy atom. The summed E-state index contributed by atoms with van der Waals surface area (Å²) in [6, 6.07) is 14.0. The molecule has 134 valence electrons. The number of rotatable bonds is 4. The van der Waals surface area contributed by atoms with Gasteiger partial charge in [-0.2, -0.15) is 0 Å². The highest BCUT2D eigenvalue weighted by atomic mass is 16.5. The van der Waals surface area contributed by atoms with Crippen molar-refractivity contribution in [3.05, 3.63) is 71.0 Å². The molecular weight excluding hydrogens is 337 g/mol. The van der Waals surface area contributed by atoms with Gasteiger partial charge in [0.05, 0.1) is 20.2 Å². The summed E-state index contributed by atoms with van der Waals surface area (Å²) in [5, 5.41) is 4.01. The van der Waals surface area contributed by atoms with Gasteiger partial charge in [-0.3, -0.25) is 4.79 Å². The van der Waals surface area contributed by atoms with E-state index in [1.54, 1.807) is 6.26 Å². The molecule has 5 rings (SSSR count). The van der Waals surface area contributed by atoms with Gasteiger partial charge in [0.15, 0.2) is 5.60 Å². The third-order valence-corrected chi connectivity index (χ3v) is 5.84. The lowest BCUT2D eigenvalue weighted by atomic mass is 9.80. The number of ether oxygens (including phenoxy) is 1. The number of fused-ring (bicyclic) bond motifs is 6. The summed E-state index contributed by atoms with van der Waals surface area (Å²) < 4.78 is 11.8. The SMILES string of the molecule is [B][C@H](Cc1coc2c(C)cccc12)NC(=O)[C@@]12CC[C@@H](O1)c1ccccc12. The molecule has 1 fully saturated rings. The topological polar surface area (TPSA) is 51.5 Å². The van der Waals surface area contributed by atoms with Crippen LogP contribution in [0.3, 0.4) is 0 Å². The lowest BCUT2D eigenvalue weighted by Crippen LogP contribution is -2.48. The number of carbonyl (C=O) groups excluding carboxylic acids is 1. The quantitative estimate of drug-likeness (QED) is 0.725. The molecule has 2 radical (unpaired) electrons. The van der Waals surface area contributed by atoms with Crippen LogP contribution >= 0.6 is 0 Å². The minimum Gasteiger partial charge on any atom is -0.464 e. The number of hydrogen-bond donors (Lipinski definition) is 1. The molecule has 2 aliphatic heterocycles. The third kappa shape index (κ3) is 2.45. The molecule has 3 heterocycles. The summed E-state index contributed by atoms with van der Waals surface area (Å²) in [5.41, 5.74) is 4.17. The van der Waals surface area contributed by atoms with Crippen molar-refractivity contribution in [2.45, 2.75) is 43.8 Å². The van der Waals surface area contributed by atoms with Crippen LogP contribution in [0.5, 0.6) is 0 Å². The lowest BCUT2D eigenvalue weighted by molar-refractivity contribution is -0.144. The van der Waals surface area contributed by atoms with Crippen molar-refractivity contribution in [3.63, 3.8) is 0 Å².